The highest BCUT2D eigenvalue weighted by molar-refractivity contribution is 6.33. The number of aromatic carboxylic acids is 1. The minimum absolute atomic E-state index is 0.0590. The van der Waals surface area contributed by atoms with E-state index in [1.165, 1.54) is 23.0 Å². The Hall–Kier alpha value is -1.52. The number of carboxylic acids is 1. The maximum atomic E-state index is 10.7. The van der Waals surface area contributed by atoms with E-state index in [2.05, 4.69) is 5.10 Å². The molecule has 0 unspecified atom stereocenters. The minimum atomic E-state index is -1.06. The first-order valence-corrected chi connectivity index (χ1v) is 5.07. The zero-order valence-electron chi connectivity index (χ0n) is 7.89. The zero-order valence-corrected chi connectivity index (χ0v) is 9.40. The molecule has 2 rings (SSSR count). The lowest BCUT2D eigenvalue weighted by atomic mass is 10.2. The van der Waals surface area contributed by atoms with Gasteiger partial charge in [0.15, 0.2) is 0 Å². The van der Waals surface area contributed by atoms with Crippen molar-refractivity contribution in [2.24, 2.45) is 0 Å². The maximum absolute atomic E-state index is 10.7. The lowest BCUT2D eigenvalue weighted by Crippen LogP contribution is -2.00. The van der Waals surface area contributed by atoms with Crippen molar-refractivity contribution >= 4 is 29.2 Å². The van der Waals surface area contributed by atoms with Crippen LogP contribution in [0.25, 0.3) is 5.69 Å². The zero-order chi connectivity index (χ0) is 11.7. The molecule has 4 nitrogen and oxygen atoms in total. The molecule has 0 radical (unpaired) electrons. The van der Waals surface area contributed by atoms with Gasteiger partial charge in [-0.2, -0.15) is 5.10 Å². The number of hydrogen-bond acceptors (Lipinski definition) is 2. The fourth-order valence-corrected chi connectivity index (χ4v) is 1.65. The van der Waals surface area contributed by atoms with Crippen LogP contribution in [0.2, 0.25) is 10.0 Å². The molecule has 0 saturated heterocycles. The van der Waals surface area contributed by atoms with Crippen LogP contribution in [-0.2, 0) is 0 Å². The highest BCUT2D eigenvalue weighted by atomic mass is 35.5. The van der Waals surface area contributed by atoms with Gasteiger partial charge in [0, 0.05) is 6.20 Å². The van der Waals surface area contributed by atoms with Crippen LogP contribution in [0.5, 0.6) is 0 Å². The molecule has 0 aliphatic carbocycles. The van der Waals surface area contributed by atoms with Gasteiger partial charge in [-0.3, -0.25) is 0 Å². The van der Waals surface area contributed by atoms with Gasteiger partial charge in [-0.25, -0.2) is 9.48 Å². The molecule has 0 bridgehead atoms. The Kier molecular flexibility index (Phi) is 2.85. The third kappa shape index (κ3) is 2.03. The van der Waals surface area contributed by atoms with Gasteiger partial charge in [0.2, 0.25) is 0 Å². The Morgan fingerprint density at radius 2 is 2.12 bits per heavy atom. The van der Waals surface area contributed by atoms with E-state index in [1.54, 1.807) is 12.3 Å². The molecule has 1 heterocycles. The van der Waals surface area contributed by atoms with Crippen LogP contribution in [0.1, 0.15) is 10.4 Å². The topological polar surface area (TPSA) is 55.1 Å². The van der Waals surface area contributed by atoms with Crippen LogP contribution in [0, 0.1) is 0 Å². The van der Waals surface area contributed by atoms with E-state index in [-0.39, 0.29) is 10.6 Å². The predicted molar refractivity (Wildman–Crippen MR) is 60.5 cm³/mol. The molecule has 0 aliphatic rings. The average molecular weight is 257 g/mol. The molecule has 0 saturated carbocycles. The van der Waals surface area contributed by atoms with Crippen molar-refractivity contribution in [2.75, 3.05) is 0 Å². The summed E-state index contributed by atoms with van der Waals surface area (Å²) in [5.41, 5.74) is 0.713. The predicted octanol–water partition coefficient (Wildman–Crippen LogP) is 2.88. The smallest absolute Gasteiger partial charge is 0.337 e. The van der Waals surface area contributed by atoms with Crippen LogP contribution in [-0.4, -0.2) is 20.9 Å². The minimum Gasteiger partial charge on any atom is -0.478 e. The molecule has 2 aromatic rings. The van der Waals surface area contributed by atoms with Gasteiger partial charge in [0.25, 0.3) is 0 Å². The number of carboxylic acid groups (broad SMARTS) is 1. The fraction of sp³-hybridized carbons (Fsp3) is 0. The molecule has 1 aromatic carbocycles. The molecule has 0 amide bonds. The summed E-state index contributed by atoms with van der Waals surface area (Å²) >= 11 is 11.5. The van der Waals surface area contributed by atoms with Gasteiger partial charge in [0.1, 0.15) is 0 Å². The maximum Gasteiger partial charge on any atom is 0.337 e. The van der Waals surface area contributed by atoms with Gasteiger partial charge >= 0.3 is 5.97 Å². The first-order valence-electron chi connectivity index (χ1n) is 4.31. The number of halogens is 2. The number of benzene rings is 1. The van der Waals surface area contributed by atoms with E-state index < -0.39 is 5.97 Å². The van der Waals surface area contributed by atoms with E-state index in [1.807, 2.05) is 0 Å². The van der Waals surface area contributed by atoms with Crippen molar-refractivity contribution < 1.29 is 9.90 Å². The molecule has 1 aromatic heterocycles. The third-order valence-corrected chi connectivity index (χ3v) is 2.51. The van der Waals surface area contributed by atoms with Crippen molar-refractivity contribution in [1.82, 2.24) is 9.78 Å². The van der Waals surface area contributed by atoms with Crippen LogP contribution >= 0.6 is 23.2 Å². The Morgan fingerprint density at radius 1 is 1.38 bits per heavy atom. The summed E-state index contributed by atoms with van der Waals surface area (Å²) in [7, 11) is 0. The summed E-state index contributed by atoms with van der Waals surface area (Å²) in [5.74, 6) is -1.06. The highest BCUT2D eigenvalue weighted by Gasteiger charge is 2.09. The highest BCUT2D eigenvalue weighted by Crippen LogP contribution is 2.20. The van der Waals surface area contributed by atoms with Crippen molar-refractivity contribution in [3.05, 3.63) is 46.2 Å². The van der Waals surface area contributed by atoms with Crippen LogP contribution in [0.4, 0.5) is 0 Å². The Morgan fingerprint density at radius 3 is 2.62 bits per heavy atom. The monoisotopic (exact) mass is 256 g/mol. The molecule has 6 heteroatoms. The van der Waals surface area contributed by atoms with Crippen LogP contribution < -0.4 is 0 Å². The average Bonchev–Trinajstić information content (AvgIpc) is 2.64. The van der Waals surface area contributed by atoms with Crippen molar-refractivity contribution in [3.8, 4) is 5.69 Å². The number of nitrogens with zero attached hydrogens (tertiary/aromatic N) is 2. The van der Waals surface area contributed by atoms with Gasteiger partial charge in [-0.15, -0.1) is 0 Å². The Balaban J connectivity index is 2.45. The van der Waals surface area contributed by atoms with E-state index in [9.17, 15) is 4.79 Å². The molecule has 0 fully saturated rings. The van der Waals surface area contributed by atoms with E-state index in [0.717, 1.165) is 0 Å². The number of hydrogen-bond donors (Lipinski definition) is 1. The molecule has 82 valence electrons. The summed E-state index contributed by atoms with van der Waals surface area (Å²) in [5, 5.41) is 13.4. The fourth-order valence-electron chi connectivity index (χ4n) is 1.26. The summed E-state index contributed by atoms with van der Waals surface area (Å²) in [6.07, 6.45) is 3.09. The molecular formula is C10H6Cl2N2O2. The summed E-state index contributed by atoms with van der Waals surface area (Å²) in [6, 6.07) is 4.56. The molecule has 0 spiro atoms. The van der Waals surface area contributed by atoms with Gasteiger partial charge in [0.05, 0.1) is 27.5 Å². The summed E-state index contributed by atoms with van der Waals surface area (Å²) in [6.45, 7) is 0. The summed E-state index contributed by atoms with van der Waals surface area (Å²) < 4.78 is 1.51. The number of aromatic nitrogens is 2. The van der Waals surface area contributed by atoms with E-state index in [4.69, 9.17) is 28.3 Å². The standard InChI is InChI=1S/C10H6Cl2N2O2/c11-6-4-13-14(5-6)7-1-2-8(10(15)16)9(12)3-7/h1-5H,(H,15,16). The normalized spacial score (nSPS) is 10.4. The first kappa shape index (κ1) is 11.0. The molecule has 1 N–H and O–H groups in total. The quantitative estimate of drug-likeness (QED) is 0.899. The second-order valence-electron chi connectivity index (χ2n) is 3.07. The SMILES string of the molecule is O=C(O)c1ccc(-n2cc(Cl)cn2)cc1Cl. The molecule has 0 atom stereocenters. The largest absolute Gasteiger partial charge is 0.478 e. The lowest BCUT2D eigenvalue weighted by molar-refractivity contribution is 0.0697. The second-order valence-corrected chi connectivity index (χ2v) is 3.92. The van der Waals surface area contributed by atoms with Crippen LogP contribution in [0.3, 0.4) is 0 Å². The van der Waals surface area contributed by atoms with Gasteiger partial charge in [-0.05, 0) is 18.2 Å². The van der Waals surface area contributed by atoms with Gasteiger partial charge < -0.3 is 5.11 Å². The molecular weight excluding hydrogens is 251 g/mol. The lowest BCUT2D eigenvalue weighted by Gasteiger charge is -2.03. The number of carbonyl (C=O) groups is 1. The Labute approximate surface area is 101 Å². The third-order valence-electron chi connectivity index (χ3n) is 2.00. The second kappa shape index (κ2) is 4.15. The Bertz CT molecular complexity index is 552. The van der Waals surface area contributed by atoms with Crippen molar-refractivity contribution in [3.63, 3.8) is 0 Å². The van der Waals surface area contributed by atoms with Gasteiger partial charge in [-0.1, -0.05) is 23.2 Å². The summed E-state index contributed by atoms with van der Waals surface area (Å²) in [4.78, 5) is 10.7. The number of rotatable bonds is 2. The van der Waals surface area contributed by atoms with E-state index in [0.29, 0.717) is 10.7 Å². The van der Waals surface area contributed by atoms with Crippen molar-refractivity contribution in [1.29, 1.82) is 0 Å². The van der Waals surface area contributed by atoms with Crippen LogP contribution in [0.15, 0.2) is 30.6 Å². The van der Waals surface area contributed by atoms with E-state index >= 15 is 0 Å². The first-order chi connectivity index (χ1) is 7.58. The molecule has 0 aliphatic heterocycles. The molecule has 16 heavy (non-hydrogen) atoms. The van der Waals surface area contributed by atoms with Crippen molar-refractivity contribution in [2.45, 2.75) is 0 Å².